The van der Waals surface area contributed by atoms with Crippen molar-refractivity contribution in [1.82, 2.24) is 20.3 Å². The van der Waals surface area contributed by atoms with Gasteiger partial charge >= 0.3 is 0 Å². The lowest BCUT2D eigenvalue weighted by Crippen LogP contribution is -2.59. The lowest BCUT2D eigenvalue weighted by atomic mass is 9.89. The maximum Gasteiger partial charge on any atom is 0.292 e. The monoisotopic (exact) mass is 589 g/mol. The fraction of sp³-hybridized carbons (Fsp3) is 0.783. The Hall–Kier alpha value is -1.63. The Bertz CT molecular complexity index is 1200. The fourth-order valence-corrected chi connectivity index (χ4v) is 7.34. The predicted octanol–water partition coefficient (Wildman–Crippen LogP) is 2.85. The van der Waals surface area contributed by atoms with E-state index in [2.05, 4.69) is 70.3 Å². The van der Waals surface area contributed by atoms with Crippen LogP contribution in [0.3, 0.4) is 0 Å². The van der Waals surface area contributed by atoms with Gasteiger partial charge in [0.1, 0.15) is 12.2 Å². The molecule has 0 radical (unpaired) electrons. The van der Waals surface area contributed by atoms with Crippen molar-refractivity contribution in [3.05, 3.63) is 23.0 Å². The van der Waals surface area contributed by atoms with Gasteiger partial charge < -0.3 is 24.6 Å². The van der Waals surface area contributed by atoms with Gasteiger partial charge in [-0.3, -0.25) is 4.79 Å². The van der Waals surface area contributed by atoms with Crippen molar-refractivity contribution < 1.29 is 31.0 Å². The maximum absolute atomic E-state index is 12.8. The Kier molecular flexibility index (Phi) is 7.95. The van der Waals surface area contributed by atoms with Crippen LogP contribution in [0.5, 0.6) is 0 Å². The van der Waals surface area contributed by atoms with Crippen molar-refractivity contribution in [1.29, 1.82) is 0 Å². The molecule has 1 fully saturated rings. The van der Waals surface area contributed by atoms with Crippen molar-refractivity contribution in [2.45, 2.75) is 102 Å². The molecule has 3 rings (SSSR count). The summed E-state index contributed by atoms with van der Waals surface area (Å²) in [7, 11) is -7.48. The van der Waals surface area contributed by atoms with Crippen molar-refractivity contribution in [3.63, 3.8) is 0 Å². The smallest absolute Gasteiger partial charge is 0.292 e. The summed E-state index contributed by atoms with van der Waals surface area (Å²) in [6, 6.07) is 0. The van der Waals surface area contributed by atoms with Crippen molar-refractivity contribution in [2.24, 2.45) is 5.73 Å². The van der Waals surface area contributed by atoms with Gasteiger partial charge in [-0.15, -0.1) is 5.10 Å². The molecule has 0 aliphatic carbocycles. The largest absolute Gasteiger partial charge is 0.414 e. The van der Waals surface area contributed by atoms with Crippen LogP contribution in [0.15, 0.2) is 17.3 Å². The minimum absolute atomic E-state index is 0.0193. The summed E-state index contributed by atoms with van der Waals surface area (Å²) in [5, 5.41) is 11.2. The van der Waals surface area contributed by atoms with Crippen molar-refractivity contribution in [3.8, 4) is 0 Å². The summed E-state index contributed by atoms with van der Waals surface area (Å²) >= 11 is 0. The maximum atomic E-state index is 12.8. The van der Waals surface area contributed by atoms with E-state index in [4.69, 9.17) is 23.5 Å². The van der Waals surface area contributed by atoms with E-state index in [-0.39, 0.29) is 28.1 Å². The van der Waals surface area contributed by atoms with Crippen LogP contribution in [0.25, 0.3) is 0 Å². The summed E-state index contributed by atoms with van der Waals surface area (Å²) in [6.07, 6.45) is -1.54. The Morgan fingerprint density at radius 3 is 2.21 bits per heavy atom. The van der Waals surface area contributed by atoms with Crippen molar-refractivity contribution in [2.75, 3.05) is 13.7 Å². The number of aromatic nitrogens is 3. The third-order valence-electron chi connectivity index (χ3n) is 8.30. The zero-order valence-corrected chi connectivity index (χ0v) is 27.1. The topological polar surface area (TPSA) is 157 Å². The van der Waals surface area contributed by atoms with Crippen LogP contribution in [0, 0.1) is 0 Å². The third kappa shape index (κ3) is 5.51. The molecule has 38 heavy (non-hydrogen) atoms. The average molecular weight is 590 g/mol. The highest BCUT2D eigenvalue weighted by molar-refractivity contribution is 7.90. The number of rotatable bonds is 7. The minimum Gasteiger partial charge on any atom is -0.414 e. The Morgan fingerprint density at radius 2 is 1.74 bits per heavy atom. The Morgan fingerprint density at radius 1 is 1.16 bits per heavy atom. The van der Waals surface area contributed by atoms with Gasteiger partial charge in [0.05, 0.1) is 23.9 Å². The molecule has 1 saturated heterocycles. The fourth-order valence-electron chi connectivity index (χ4n) is 3.84. The molecule has 1 aromatic rings. The van der Waals surface area contributed by atoms with E-state index in [1.807, 2.05) is 13.1 Å². The number of ether oxygens (including phenoxy) is 1. The number of nitrogens with zero attached hydrogens (tertiary/aromatic N) is 3. The summed E-state index contributed by atoms with van der Waals surface area (Å²) in [5.41, 5.74) is 4.81. The first-order chi connectivity index (χ1) is 17.1. The van der Waals surface area contributed by atoms with Gasteiger partial charge in [-0.1, -0.05) is 46.8 Å². The van der Waals surface area contributed by atoms with Crippen LogP contribution in [-0.4, -0.2) is 77.4 Å². The third-order valence-corrected chi connectivity index (χ3v) is 18.3. The second-order valence-corrected chi connectivity index (χ2v) is 23.9. The molecule has 0 unspecified atom stereocenters. The average Bonchev–Trinajstić information content (AvgIpc) is 3.40. The molecule has 1 aromatic heterocycles. The molecule has 216 valence electrons. The van der Waals surface area contributed by atoms with Gasteiger partial charge in [0.15, 0.2) is 34.2 Å². The first-order valence-corrected chi connectivity index (χ1v) is 19.9. The number of carbonyl (C=O) groups is 1. The van der Waals surface area contributed by atoms with E-state index in [0.29, 0.717) is 0 Å². The second kappa shape index (κ2) is 9.78. The van der Waals surface area contributed by atoms with Crippen LogP contribution >= 0.6 is 0 Å². The van der Waals surface area contributed by atoms with E-state index < -0.39 is 56.7 Å². The molecular formula is C23H43N5O7SSi2. The highest BCUT2D eigenvalue weighted by atomic mass is 32.2. The summed E-state index contributed by atoms with van der Waals surface area (Å²) < 4.78 is 52.5. The van der Waals surface area contributed by atoms with Crippen LogP contribution < -0.4 is 11.1 Å². The molecule has 1 amide bonds. The normalized spacial score (nSPS) is 28.1. The van der Waals surface area contributed by atoms with Crippen LogP contribution in [0.4, 0.5) is 0 Å². The zero-order valence-electron chi connectivity index (χ0n) is 24.3. The van der Waals surface area contributed by atoms with E-state index in [0.717, 1.165) is 5.41 Å². The molecule has 3 N–H and O–H groups in total. The number of nitrogens with one attached hydrogen (secondary N) is 1. The van der Waals surface area contributed by atoms with Gasteiger partial charge in [-0.05, 0) is 36.3 Å². The molecule has 0 saturated carbocycles. The van der Waals surface area contributed by atoms with E-state index in [1.54, 1.807) is 0 Å². The molecule has 1 spiro atoms. The van der Waals surface area contributed by atoms with E-state index in [9.17, 15) is 13.2 Å². The Balaban J connectivity index is 2.16. The van der Waals surface area contributed by atoms with Gasteiger partial charge in [-0.25, -0.2) is 8.86 Å². The van der Waals surface area contributed by atoms with Crippen LogP contribution in [-0.2, 0) is 27.9 Å². The summed E-state index contributed by atoms with van der Waals surface area (Å²) in [4.78, 5) is 12.2. The quantitative estimate of drug-likeness (QED) is 0.358. The number of hydrogen-bond acceptors (Lipinski definition) is 10. The number of amides is 1. The standard InChI is InChI=1S/C23H43N5O7SSi2/c1-21(2,3)37(8,9)32-13-17-23(16(24)14-36(30,31)35-23)18(34-38(10,11)22(4,5)6)20(33-17)28-12-15(26-27-28)19(29)25-7/h12,14,17-18,20H,13,24H2,1-11H3,(H,25,29)/t17-,18+,20-,23-/m1/s1. The molecule has 0 aromatic carbocycles. The molecular weight excluding hydrogens is 547 g/mol. The number of nitrogens with two attached hydrogens (primary N) is 1. The molecule has 3 heterocycles. The number of carbonyl (C=O) groups excluding carboxylic acids is 1. The molecule has 0 bridgehead atoms. The Labute approximate surface area is 228 Å². The lowest BCUT2D eigenvalue weighted by molar-refractivity contribution is -0.0595. The second-order valence-electron chi connectivity index (χ2n) is 13.0. The zero-order chi connectivity index (χ0) is 29.1. The molecule has 15 heteroatoms. The first kappa shape index (κ1) is 30.9. The predicted molar refractivity (Wildman–Crippen MR) is 148 cm³/mol. The highest BCUT2D eigenvalue weighted by Gasteiger charge is 2.67. The SMILES string of the molecule is CNC(=O)c1cn([C@@H]2O[C@H](CO[Si](C)(C)C(C)(C)C)[C@@]3(OS(=O)(=O)C=C3N)[C@H]2O[Si](C)(C)C(C)(C)C)nn1. The van der Waals surface area contributed by atoms with E-state index in [1.165, 1.54) is 17.9 Å². The van der Waals surface area contributed by atoms with Gasteiger partial charge in [0, 0.05) is 7.05 Å². The van der Waals surface area contributed by atoms with Crippen LogP contribution in [0.2, 0.25) is 36.3 Å². The highest BCUT2D eigenvalue weighted by Crippen LogP contribution is 2.52. The van der Waals surface area contributed by atoms with Gasteiger partial charge in [-0.2, -0.15) is 8.42 Å². The van der Waals surface area contributed by atoms with E-state index >= 15 is 0 Å². The molecule has 2 aliphatic heterocycles. The number of hydrogen-bond donors (Lipinski definition) is 2. The minimum atomic E-state index is -4.13. The van der Waals surface area contributed by atoms with Crippen LogP contribution in [0.1, 0.15) is 58.3 Å². The molecule has 2 aliphatic rings. The molecule has 12 nitrogen and oxygen atoms in total. The summed E-state index contributed by atoms with van der Waals surface area (Å²) in [6.45, 7) is 20.8. The van der Waals surface area contributed by atoms with Gasteiger partial charge in [0.25, 0.3) is 16.0 Å². The summed E-state index contributed by atoms with van der Waals surface area (Å²) in [5.74, 6) is -0.428. The van der Waals surface area contributed by atoms with Crippen molar-refractivity contribution >= 4 is 32.7 Å². The first-order valence-electron chi connectivity index (χ1n) is 12.6. The molecule has 4 atom stereocenters. The lowest BCUT2D eigenvalue weighted by Gasteiger charge is -2.43. The van der Waals surface area contributed by atoms with Gasteiger partial charge in [0.2, 0.25) is 0 Å².